The van der Waals surface area contributed by atoms with Crippen LogP contribution in [0.3, 0.4) is 0 Å². The van der Waals surface area contributed by atoms with Gasteiger partial charge < -0.3 is 4.42 Å². The van der Waals surface area contributed by atoms with E-state index in [0.717, 1.165) is 17.5 Å². The first-order valence-electron chi connectivity index (χ1n) is 6.30. The van der Waals surface area contributed by atoms with Crippen LogP contribution in [0.2, 0.25) is 0 Å². The summed E-state index contributed by atoms with van der Waals surface area (Å²) in [5.41, 5.74) is 3.53. The van der Waals surface area contributed by atoms with Crippen molar-refractivity contribution in [1.82, 2.24) is 4.98 Å². The van der Waals surface area contributed by atoms with Crippen molar-refractivity contribution in [2.45, 2.75) is 32.4 Å². The lowest BCUT2D eigenvalue weighted by molar-refractivity contribution is -0.156. The van der Waals surface area contributed by atoms with Gasteiger partial charge in [-0.2, -0.15) is 13.2 Å². The molecule has 20 heavy (non-hydrogen) atoms. The third-order valence-corrected chi connectivity index (χ3v) is 3.60. The quantitative estimate of drug-likeness (QED) is 0.546. The lowest BCUT2D eigenvalue weighted by atomic mass is 9.84. The van der Waals surface area contributed by atoms with Crippen molar-refractivity contribution in [1.29, 1.82) is 0 Å². The molecule has 0 amide bonds. The molecule has 1 aliphatic rings. The summed E-state index contributed by atoms with van der Waals surface area (Å²) < 4.78 is 42.8. The van der Waals surface area contributed by atoms with Gasteiger partial charge in [0.1, 0.15) is 18.9 Å². The molecule has 0 saturated heterocycles. The molecule has 1 heterocycles. The van der Waals surface area contributed by atoms with E-state index >= 15 is 0 Å². The number of alkyl halides is 3. The molecule has 0 unspecified atom stereocenters. The zero-order valence-electron chi connectivity index (χ0n) is 10.8. The molecule has 0 spiro atoms. The first-order valence-corrected chi connectivity index (χ1v) is 6.30. The summed E-state index contributed by atoms with van der Waals surface area (Å²) in [5, 5.41) is 0. The monoisotopic (exact) mass is 277 g/mol. The van der Waals surface area contributed by atoms with E-state index in [0.29, 0.717) is 12.8 Å². The van der Waals surface area contributed by atoms with Gasteiger partial charge in [0.2, 0.25) is 0 Å². The Morgan fingerprint density at radius 3 is 2.75 bits per heavy atom. The van der Waals surface area contributed by atoms with Gasteiger partial charge in [-0.3, -0.25) is 0 Å². The fourth-order valence-corrected chi connectivity index (χ4v) is 2.49. The van der Waals surface area contributed by atoms with Crippen molar-refractivity contribution < 1.29 is 17.6 Å². The smallest absolute Gasteiger partial charge is 0.433 e. The summed E-state index contributed by atoms with van der Waals surface area (Å²) in [7, 11) is 5.99. The standard InChI is InChI=1S/C14H11BF3NO/c1-7-2-4-8-6-10-12(11(15)9(8)5-3-7)20-13(19-10)14(16,17)18/h2,6H,3-5H2,1H3. The van der Waals surface area contributed by atoms with E-state index in [1.54, 1.807) is 6.07 Å². The second-order valence-corrected chi connectivity index (χ2v) is 5.05. The first-order chi connectivity index (χ1) is 9.36. The molecule has 102 valence electrons. The number of hydrogen-bond acceptors (Lipinski definition) is 2. The summed E-state index contributed by atoms with van der Waals surface area (Å²) in [4.78, 5) is 3.51. The maximum Gasteiger partial charge on any atom is 0.468 e. The van der Waals surface area contributed by atoms with Gasteiger partial charge >= 0.3 is 12.1 Å². The molecule has 6 heteroatoms. The Labute approximate surface area is 115 Å². The highest BCUT2D eigenvalue weighted by Crippen LogP contribution is 2.32. The van der Waals surface area contributed by atoms with Gasteiger partial charge in [0.25, 0.3) is 0 Å². The fraction of sp³-hybridized carbons (Fsp3) is 0.357. The summed E-state index contributed by atoms with van der Waals surface area (Å²) >= 11 is 0. The van der Waals surface area contributed by atoms with Crippen LogP contribution in [0.5, 0.6) is 0 Å². The third-order valence-electron chi connectivity index (χ3n) is 3.60. The van der Waals surface area contributed by atoms with E-state index in [9.17, 15) is 13.2 Å². The predicted molar refractivity (Wildman–Crippen MR) is 70.2 cm³/mol. The van der Waals surface area contributed by atoms with Gasteiger partial charge in [0, 0.05) is 0 Å². The molecule has 2 nitrogen and oxygen atoms in total. The van der Waals surface area contributed by atoms with Crippen molar-refractivity contribution in [3.8, 4) is 0 Å². The summed E-state index contributed by atoms with van der Waals surface area (Å²) in [6.45, 7) is 2.03. The van der Waals surface area contributed by atoms with Gasteiger partial charge in [0.15, 0.2) is 0 Å². The van der Waals surface area contributed by atoms with Gasteiger partial charge in [-0.1, -0.05) is 11.6 Å². The van der Waals surface area contributed by atoms with Crippen molar-refractivity contribution in [2.24, 2.45) is 0 Å². The molecule has 0 bridgehead atoms. The second kappa shape index (κ2) is 4.40. The minimum Gasteiger partial charge on any atom is -0.433 e. The van der Waals surface area contributed by atoms with Crippen molar-refractivity contribution in [3.05, 3.63) is 34.7 Å². The largest absolute Gasteiger partial charge is 0.468 e. The maximum absolute atomic E-state index is 12.6. The number of benzene rings is 1. The van der Waals surface area contributed by atoms with Gasteiger partial charge in [-0.25, -0.2) is 4.98 Å². The van der Waals surface area contributed by atoms with E-state index in [4.69, 9.17) is 12.3 Å². The molecular formula is C14H11BF3NO. The highest BCUT2D eigenvalue weighted by atomic mass is 19.4. The van der Waals surface area contributed by atoms with Crippen LogP contribution in [0.15, 0.2) is 22.1 Å². The van der Waals surface area contributed by atoms with Gasteiger partial charge in [-0.05, 0) is 48.8 Å². The number of oxazole rings is 1. The van der Waals surface area contributed by atoms with Crippen molar-refractivity contribution in [2.75, 3.05) is 0 Å². The molecule has 1 aliphatic carbocycles. The Bertz CT molecular complexity index is 715. The molecule has 0 saturated carbocycles. The van der Waals surface area contributed by atoms with Gasteiger partial charge in [0.05, 0.1) is 0 Å². The van der Waals surface area contributed by atoms with E-state index in [1.807, 2.05) is 6.92 Å². The highest BCUT2D eigenvalue weighted by molar-refractivity contribution is 6.39. The van der Waals surface area contributed by atoms with Crippen LogP contribution in [-0.4, -0.2) is 12.8 Å². The SMILES string of the molecule is [B]c1c2c(cc3nc(C(F)(F)F)oc13)CC=C(C)CC2. The minimum absolute atomic E-state index is 0.0376. The fourth-order valence-electron chi connectivity index (χ4n) is 2.49. The normalized spacial score (nSPS) is 15.9. The number of allylic oxidation sites excluding steroid dienone is 2. The van der Waals surface area contributed by atoms with Crippen LogP contribution in [0.1, 0.15) is 30.4 Å². The summed E-state index contributed by atoms with van der Waals surface area (Å²) in [5.74, 6) is -1.24. The van der Waals surface area contributed by atoms with Crippen LogP contribution < -0.4 is 5.46 Å². The van der Waals surface area contributed by atoms with Gasteiger partial charge in [-0.15, -0.1) is 0 Å². The Balaban J connectivity index is 2.20. The topological polar surface area (TPSA) is 26.0 Å². The van der Waals surface area contributed by atoms with Crippen LogP contribution in [0.4, 0.5) is 13.2 Å². The predicted octanol–water partition coefficient (Wildman–Crippen LogP) is 3.08. The van der Waals surface area contributed by atoms with E-state index in [1.165, 1.54) is 5.57 Å². The van der Waals surface area contributed by atoms with E-state index in [-0.39, 0.29) is 16.6 Å². The number of hydrogen-bond donors (Lipinski definition) is 0. The zero-order valence-corrected chi connectivity index (χ0v) is 10.8. The Kier molecular flexibility index (Phi) is 2.92. The number of fused-ring (bicyclic) bond motifs is 2. The van der Waals surface area contributed by atoms with Crippen molar-refractivity contribution in [3.63, 3.8) is 0 Å². The van der Waals surface area contributed by atoms with E-state index in [2.05, 4.69) is 11.1 Å². The molecular weight excluding hydrogens is 266 g/mol. The molecule has 1 aromatic carbocycles. The minimum atomic E-state index is -4.60. The third kappa shape index (κ3) is 2.13. The molecule has 3 rings (SSSR count). The summed E-state index contributed by atoms with van der Waals surface area (Å²) in [6, 6.07) is 1.65. The Morgan fingerprint density at radius 2 is 2.05 bits per heavy atom. The van der Waals surface area contributed by atoms with Crippen LogP contribution in [0.25, 0.3) is 11.1 Å². The van der Waals surface area contributed by atoms with Crippen LogP contribution >= 0.6 is 0 Å². The molecule has 0 N–H and O–H groups in total. The number of halogens is 3. The molecule has 0 atom stereocenters. The average Bonchev–Trinajstić information content (AvgIpc) is 2.71. The molecule has 0 fully saturated rings. The maximum atomic E-state index is 12.6. The number of nitrogens with zero attached hydrogens (tertiary/aromatic N) is 1. The van der Waals surface area contributed by atoms with Crippen LogP contribution in [-0.2, 0) is 19.0 Å². The average molecular weight is 277 g/mol. The lowest BCUT2D eigenvalue weighted by Gasteiger charge is -2.09. The van der Waals surface area contributed by atoms with Crippen molar-refractivity contribution >= 4 is 24.4 Å². The first kappa shape index (κ1) is 13.3. The molecule has 2 radical (unpaired) electrons. The molecule has 0 aliphatic heterocycles. The lowest BCUT2D eigenvalue weighted by Crippen LogP contribution is -2.14. The Hall–Kier alpha value is -1.72. The zero-order chi connectivity index (χ0) is 14.5. The van der Waals surface area contributed by atoms with E-state index < -0.39 is 12.1 Å². The number of rotatable bonds is 0. The molecule has 2 aromatic rings. The highest BCUT2D eigenvalue weighted by Gasteiger charge is 2.37. The number of aromatic nitrogens is 1. The second-order valence-electron chi connectivity index (χ2n) is 5.05. The summed E-state index contributed by atoms with van der Waals surface area (Å²) in [6.07, 6.45) is -0.304. The Morgan fingerprint density at radius 1 is 1.30 bits per heavy atom. The molecule has 1 aromatic heterocycles. The van der Waals surface area contributed by atoms with Crippen LogP contribution in [0, 0.1) is 0 Å².